The van der Waals surface area contributed by atoms with E-state index in [0.717, 1.165) is 11.1 Å². The highest BCUT2D eigenvalue weighted by molar-refractivity contribution is 6.13. The van der Waals surface area contributed by atoms with Gasteiger partial charge >= 0.3 is 0 Å². The first-order chi connectivity index (χ1) is 8.24. The highest BCUT2D eigenvalue weighted by atomic mass is 19.1. The van der Waals surface area contributed by atoms with Crippen LogP contribution < -0.4 is 0 Å². The van der Waals surface area contributed by atoms with Crippen molar-refractivity contribution in [3.63, 3.8) is 0 Å². The van der Waals surface area contributed by atoms with Gasteiger partial charge in [0, 0.05) is 11.1 Å². The third kappa shape index (κ3) is 2.18. The lowest BCUT2D eigenvalue weighted by molar-refractivity contribution is 0.319. The molecule has 0 aliphatic carbocycles. The zero-order valence-corrected chi connectivity index (χ0v) is 9.39. The van der Waals surface area contributed by atoms with Gasteiger partial charge < -0.3 is 5.21 Å². The van der Waals surface area contributed by atoms with Gasteiger partial charge in [-0.2, -0.15) is 0 Å². The van der Waals surface area contributed by atoms with Crippen molar-refractivity contribution in [2.75, 3.05) is 0 Å². The lowest BCUT2D eigenvalue weighted by Gasteiger charge is -2.08. The van der Waals surface area contributed by atoms with E-state index in [0.29, 0.717) is 5.56 Å². The van der Waals surface area contributed by atoms with E-state index in [4.69, 9.17) is 5.21 Å². The summed E-state index contributed by atoms with van der Waals surface area (Å²) in [6, 6.07) is 13.7. The van der Waals surface area contributed by atoms with Crippen LogP contribution in [0.5, 0.6) is 0 Å². The van der Waals surface area contributed by atoms with E-state index in [1.807, 2.05) is 25.1 Å². The largest absolute Gasteiger partial charge is 0.410 e. The molecule has 0 saturated heterocycles. The Balaban J connectivity index is 2.57. The molecule has 0 spiro atoms. The van der Waals surface area contributed by atoms with Crippen LogP contribution >= 0.6 is 0 Å². The quantitative estimate of drug-likeness (QED) is 0.478. The summed E-state index contributed by atoms with van der Waals surface area (Å²) in [5.74, 6) is -0.399. The van der Waals surface area contributed by atoms with Crippen LogP contribution in [0.25, 0.3) is 0 Å². The average Bonchev–Trinajstić information content (AvgIpc) is 2.34. The summed E-state index contributed by atoms with van der Waals surface area (Å²) in [4.78, 5) is 0. The fraction of sp³-hybridized carbons (Fsp3) is 0.0714. The van der Waals surface area contributed by atoms with E-state index >= 15 is 0 Å². The molecule has 3 heteroatoms. The average molecular weight is 229 g/mol. The van der Waals surface area contributed by atoms with Crippen molar-refractivity contribution < 1.29 is 9.60 Å². The van der Waals surface area contributed by atoms with E-state index < -0.39 is 5.82 Å². The smallest absolute Gasteiger partial charge is 0.132 e. The minimum absolute atomic E-state index is 0.251. The molecule has 0 radical (unpaired) electrons. The summed E-state index contributed by atoms with van der Waals surface area (Å²) < 4.78 is 13.7. The van der Waals surface area contributed by atoms with Crippen molar-refractivity contribution in [1.29, 1.82) is 0 Å². The Morgan fingerprint density at radius 1 is 1.00 bits per heavy atom. The maximum Gasteiger partial charge on any atom is 0.132 e. The van der Waals surface area contributed by atoms with E-state index in [2.05, 4.69) is 5.16 Å². The van der Waals surface area contributed by atoms with Gasteiger partial charge in [0.15, 0.2) is 0 Å². The van der Waals surface area contributed by atoms with E-state index in [-0.39, 0.29) is 5.71 Å². The summed E-state index contributed by atoms with van der Waals surface area (Å²) in [7, 11) is 0. The van der Waals surface area contributed by atoms with Gasteiger partial charge in [0.1, 0.15) is 11.5 Å². The Morgan fingerprint density at radius 3 is 2.18 bits per heavy atom. The van der Waals surface area contributed by atoms with Crippen LogP contribution in [0.15, 0.2) is 53.7 Å². The molecule has 17 heavy (non-hydrogen) atoms. The molecule has 0 aliphatic heterocycles. The number of benzene rings is 2. The monoisotopic (exact) mass is 229 g/mol. The predicted octanol–water partition coefficient (Wildman–Crippen LogP) is 3.36. The number of aryl methyl sites for hydroxylation is 1. The molecule has 1 N–H and O–H groups in total. The number of nitrogens with zero attached hydrogens (tertiary/aromatic N) is 1. The lowest BCUT2D eigenvalue weighted by Crippen LogP contribution is -2.07. The number of halogens is 1. The maximum atomic E-state index is 13.7. The van der Waals surface area contributed by atoms with E-state index in [1.54, 1.807) is 24.3 Å². The van der Waals surface area contributed by atoms with Crippen LogP contribution in [0.2, 0.25) is 0 Å². The zero-order chi connectivity index (χ0) is 12.3. The standard InChI is InChI=1S/C14H12FNO/c1-10-6-2-3-7-11(10)14(16-17)12-8-4-5-9-13(12)15/h2-9,17H,1H3. The van der Waals surface area contributed by atoms with Crippen molar-refractivity contribution in [3.8, 4) is 0 Å². The fourth-order valence-electron chi connectivity index (χ4n) is 1.74. The summed E-state index contributed by atoms with van der Waals surface area (Å²) in [6.07, 6.45) is 0. The molecule has 0 aliphatic rings. The zero-order valence-electron chi connectivity index (χ0n) is 9.39. The molecule has 0 heterocycles. The summed E-state index contributed by atoms with van der Waals surface area (Å²) in [6.45, 7) is 1.89. The van der Waals surface area contributed by atoms with Gasteiger partial charge in [-0.1, -0.05) is 41.6 Å². The van der Waals surface area contributed by atoms with Gasteiger partial charge in [-0.25, -0.2) is 4.39 Å². The van der Waals surface area contributed by atoms with Crippen LogP contribution in [-0.4, -0.2) is 10.9 Å². The SMILES string of the molecule is Cc1ccccc1C(=NO)c1ccccc1F. The fourth-order valence-corrected chi connectivity index (χ4v) is 1.74. The van der Waals surface area contributed by atoms with Crippen molar-refractivity contribution in [1.82, 2.24) is 0 Å². The molecule has 2 rings (SSSR count). The maximum absolute atomic E-state index is 13.7. The summed E-state index contributed by atoms with van der Waals surface area (Å²) >= 11 is 0. The molecule has 0 fully saturated rings. The molecule has 0 atom stereocenters. The molecule has 2 nitrogen and oxygen atoms in total. The molecule has 0 amide bonds. The minimum Gasteiger partial charge on any atom is -0.410 e. The summed E-state index contributed by atoms with van der Waals surface area (Å²) in [5.41, 5.74) is 2.20. The molecule has 0 aromatic heterocycles. The molecular formula is C14H12FNO. The second-order valence-electron chi connectivity index (χ2n) is 3.74. The third-order valence-corrected chi connectivity index (χ3v) is 2.63. The molecule has 0 unspecified atom stereocenters. The van der Waals surface area contributed by atoms with Gasteiger partial charge in [-0.05, 0) is 24.6 Å². The molecule has 2 aromatic rings. The Kier molecular flexibility index (Phi) is 3.19. The normalized spacial score (nSPS) is 11.5. The molecular weight excluding hydrogens is 217 g/mol. The van der Waals surface area contributed by atoms with Crippen LogP contribution in [-0.2, 0) is 0 Å². The number of rotatable bonds is 2. The minimum atomic E-state index is -0.399. The van der Waals surface area contributed by atoms with Crippen LogP contribution in [0.4, 0.5) is 4.39 Å². The lowest BCUT2D eigenvalue weighted by atomic mass is 9.98. The Labute approximate surface area is 99.0 Å². The molecule has 0 saturated carbocycles. The van der Waals surface area contributed by atoms with Gasteiger partial charge in [0.05, 0.1) is 0 Å². The third-order valence-electron chi connectivity index (χ3n) is 2.63. The van der Waals surface area contributed by atoms with Crippen LogP contribution in [0, 0.1) is 12.7 Å². The summed E-state index contributed by atoms with van der Waals surface area (Å²) in [5, 5.41) is 12.3. The highest BCUT2D eigenvalue weighted by Crippen LogP contribution is 2.17. The first-order valence-electron chi connectivity index (χ1n) is 5.27. The van der Waals surface area contributed by atoms with Crippen molar-refractivity contribution in [2.24, 2.45) is 5.16 Å². The second kappa shape index (κ2) is 4.78. The van der Waals surface area contributed by atoms with Crippen LogP contribution in [0.3, 0.4) is 0 Å². The second-order valence-corrected chi connectivity index (χ2v) is 3.74. The molecule has 0 bridgehead atoms. The molecule has 2 aromatic carbocycles. The van der Waals surface area contributed by atoms with Crippen LogP contribution in [0.1, 0.15) is 16.7 Å². The van der Waals surface area contributed by atoms with Gasteiger partial charge in [-0.3, -0.25) is 0 Å². The first-order valence-corrected chi connectivity index (χ1v) is 5.27. The van der Waals surface area contributed by atoms with E-state index in [9.17, 15) is 4.39 Å². The van der Waals surface area contributed by atoms with Gasteiger partial charge in [0.25, 0.3) is 0 Å². The Hall–Kier alpha value is -2.16. The van der Waals surface area contributed by atoms with Gasteiger partial charge in [-0.15, -0.1) is 0 Å². The van der Waals surface area contributed by atoms with Crippen molar-refractivity contribution in [2.45, 2.75) is 6.92 Å². The van der Waals surface area contributed by atoms with E-state index in [1.165, 1.54) is 6.07 Å². The van der Waals surface area contributed by atoms with Crippen molar-refractivity contribution >= 4 is 5.71 Å². The number of hydrogen-bond donors (Lipinski definition) is 1. The van der Waals surface area contributed by atoms with Crippen molar-refractivity contribution in [3.05, 3.63) is 71.0 Å². The highest BCUT2D eigenvalue weighted by Gasteiger charge is 2.13. The predicted molar refractivity (Wildman–Crippen MR) is 65.0 cm³/mol. The molecule has 86 valence electrons. The number of hydrogen-bond acceptors (Lipinski definition) is 2. The van der Waals surface area contributed by atoms with Gasteiger partial charge in [0.2, 0.25) is 0 Å². The topological polar surface area (TPSA) is 32.6 Å². The Morgan fingerprint density at radius 2 is 1.59 bits per heavy atom. The number of oxime groups is 1. The first kappa shape index (κ1) is 11.3. The Bertz CT molecular complexity index is 516.